The molecule has 0 bridgehead atoms. The molecule has 7 heteroatoms. The van der Waals surface area contributed by atoms with Crippen LogP contribution in [-0.2, 0) is 20.9 Å². The van der Waals surface area contributed by atoms with Gasteiger partial charge in [0.15, 0.2) is 12.2 Å². The standard InChI is InChI=1S/C23H18Cl2N2O3/c24-18-12-11-16(13-19(18)25)26-22(28)20-21(30-20)23(29)27(17-9-5-2-6-10-17)14-15-7-3-1-4-8-15/h1-13,20-21H,14H2,(H,26,28)/t20-,21-/m0/s1. The second-order valence-electron chi connectivity index (χ2n) is 6.84. The van der Waals surface area contributed by atoms with Gasteiger partial charge in [-0.25, -0.2) is 0 Å². The third-order valence-corrected chi connectivity index (χ3v) is 5.44. The number of para-hydroxylation sites is 1. The summed E-state index contributed by atoms with van der Waals surface area (Å²) in [5, 5.41) is 3.43. The molecule has 0 aromatic heterocycles. The van der Waals surface area contributed by atoms with E-state index in [0.29, 0.717) is 22.3 Å². The Morgan fingerprint density at radius 2 is 1.53 bits per heavy atom. The van der Waals surface area contributed by atoms with E-state index in [1.807, 2.05) is 60.7 Å². The predicted molar refractivity (Wildman–Crippen MR) is 118 cm³/mol. The van der Waals surface area contributed by atoms with Gasteiger partial charge in [-0.2, -0.15) is 0 Å². The summed E-state index contributed by atoms with van der Waals surface area (Å²) in [6.07, 6.45) is -1.69. The van der Waals surface area contributed by atoms with E-state index < -0.39 is 18.1 Å². The van der Waals surface area contributed by atoms with Crippen LogP contribution in [0.5, 0.6) is 0 Å². The number of anilines is 2. The lowest BCUT2D eigenvalue weighted by molar-refractivity contribution is -0.120. The number of carbonyl (C=O) groups is 2. The number of hydrogen-bond acceptors (Lipinski definition) is 3. The molecule has 4 rings (SSSR count). The summed E-state index contributed by atoms with van der Waals surface area (Å²) in [4.78, 5) is 27.3. The second kappa shape index (κ2) is 8.88. The summed E-state index contributed by atoms with van der Waals surface area (Å²) < 4.78 is 5.44. The molecule has 5 nitrogen and oxygen atoms in total. The number of amides is 2. The third-order valence-electron chi connectivity index (χ3n) is 4.70. The summed E-state index contributed by atoms with van der Waals surface area (Å²) in [6, 6.07) is 23.8. The van der Waals surface area contributed by atoms with Gasteiger partial charge in [0.2, 0.25) is 0 Å². The van der Waals surface area contributed by atoms with E-state index in [0.717, 1.165) is 11.3 Å². The molecule has 0 unspecified atom stereocenters. The van der Waals surface area contributed by atoms with Gasteiger partial charge in [0.25, 0.3) is 11.8 Å². The molecule has 1 fully saturated rings. The second-order valence-corrected chi connectivity index (χ2v) is 7.66. The number of carbonyl (C=O) groups excluding carboxylic acids is 2. The minimum Gasteiger partial charge on any atom is -0.349 e. The van der Waals surface area contributed by atoms with Gasteiger partial charge in [0, 0.05) is 11.4 Å². The zero-order valence-electron chi connectivity index (χ0n) is 15.8. The maximum Gasteiger partial charge on any atom is 0.259 e. The number of halogens is 2. The summed E-state index contributed by atoms with van der Waals surface area (Å²) in [6.45, 7) is 0.380. The van der Waals surface area contributed by atoms with Gasteiger partial charge in [-0.3, -0.25) is 9.59 Å². The van der Waals surface area contributed by atoms with Crippen LogP contribution in [0.4, 0.5) is 11.4 Å². The van der Waals surface area contributed by atoms with Gasteiger partial charge >= 0.3 is 0 Å². The highest BCUT2D eigenvalue weighted by Crippen LogP contribution is 2.30. The molecule has 2 amide bonds. The van der Waals surface area contributed by atoms with Gasteiger partial charge in [-0.1, -0.05) is 71.7 Å². The van der Waals surface area contributed by atoms with Crippen LogP contribution in [0.3, 0.4) is 0 Å². The number of nitrogens with zero attached hydrogens (tertiary/aromatic N) is 1. The molecule has 1 heterocycles. The Morgan fingerprint density at radius 1 is 0.867 bits per heavy atom. The number of ether oxygens (including phenoxy) is 1. The first-order valence-electron chi connectivity index (χ1n) is 9.34. The molecule has 0 spiro atoms. The Balaban J connectivity index is 1.47. The molecule has 1 aliphatic rings. The number of rotatable bonds is 6. The SMILES string of the molecule is O=C(Nc1ccc(Cl)c(Cl)c1)[C@H]1O[C@@H]1C(=O)N(Cc1ccccc1)c1ccccc1. The minimum absolute atomic E-state index is 0.264. The van der Waals surface area contributed by atoms with Gasteiger partial charge in [-0.15, -0.1) is 0 Å². The van der Waals surface area contributed by atoms with Crippen LogP contribution in [0, 0.1) is 0 Å². The summed E-state index contributed by atoms with van der Waals surface area (Å²) in [5.41, 5.74) is 2.21. The molecule has 0 saturated carbocycles. The summed E-state index contributed by atoms with van der Waals surface area (Å²) in [7, 11) is 0. The van der Waals surface area contributed by atoms with E-state index in [2.05, 4.69) is 5.32 Å². The van der Waals surface area contributed by atoms with Crippen molar-refractivity contribution in [3.05, 3.63) is 94.5 Å². The van der Waals surface area contributed by atoms with Crippen molar-refractivity contribution >= 4 is 46.4 Å². The Bertz CT molecular complexity index is 1060. The molecule has 1 saturated heterocycles. The highest BCUT2D eigenvalue weighted by atomic mass is 35.5. The Kier molecular flexibility index (Phi) is 6.04. The normalized spacial score (nSPS) is 17.3. The van der Waals surface area contributed by atoms with Crippen LogP contribution >= 0.6 is 23.2 Å². The summed E-state index contributed by atoms with van der Waals surface area (Å²) in [5.74, 6) is -0.668. The average Bonchev–Trinajstić information content (AvgIpc) is 3.57. The topological polar surface area (TPSA) is 61.9 Å². The maximum absolute atomic E-state index is 13.2. The molecule has 1 aliphatic heterocycles. The summed E-state index contributed by atoms with van der Waals surface area (Å²) >= 11 is 11.9. The molecule has 2 atom stereocenters. The van der Waals surface area contributed by atoms with Crippen molar-refractivity contribution in [1.29, 1.82) is 0 Å². The van der Waals surface area contributed by atoms with E-state index >= 15 is 0 Å². The fraction of sp³-hybridized carbons (Fsp3) is 0.130. The van der Waals surface area contributed by atoms with Crippen molar-refractivity contribution in [3.8, 4) is 0 Å². The van der Waals surface area contributed by atoms with E-state index in [1.54, 1.807) is 23.1 Å². The molecule has 0 radical (unpaired) electrons. The van der Waals surface area contributed by atoms with Crippen molar-refractivity contribution < 1.29 is 14.3 Å². The quantitative estimate of drug-likeness (QED) is 0.552. The first-order chi connectivity index (χ1) is 14.5. The highest BCUT2D eigenvalue weighted by molar-refractivity contribution is 6.42. The first kappa shape index (κ1) is 20.4. The van der Waals surface area contributed by atoms with Crippen LogP contribution in [0.1, 0.15) is 5.56 Å². The zero-order chi connectivity index (χ0) is 21.1. The molecule has 152 valence electrons. The fourth-order valence-electron chi connectivity index (χ4n) is 3.11. The number of hydrogen-bond donors (Lipinski definition) is 1. The van der Waals surface area contributed by atoms with E-state index in [1.165, 1.54) is 0 Å². The maximum atomic E-state index is 13.2. The molecular weight excluding hydrogens is 423 g/mol. The van der Waals surface area contributed by atoms with Crippen molar-refractivity contribution in [2.45, 2.75) is 18.8 Å². The Labute approximate surface area is 184 Å². The lowest BCUT2D eigenvalue weighted by Gasteiger charge is -2.22. The van der Waals surface area contributed by atoms with Crippen molar-refractivity contribution in [2.24, 2.45) is 0 Å². The molecule has 3 aromatic rings. The van der Waals surface area contributed by atoms with Gasteiger partial charge < -0.3 is 15.0 Å². The van der Waals surface area contributed by atoms with Crippen molar-refractivity contribution in [2.75, 3.05) is 10.2 Å². The monoisotopic (exact) mass is 440 g/mol. The van der Waals surface area contributed by atoms with E-state index in [4.69, 9.17) is 27.9 Å². The smallest absolute Gasteiger partial charge is 0.259 e. The van der Waals surface area contributed by atoms with Gasteiger partial charge in [-0.05, 0) is 35.9 Å². The molecule has 1 N–H and O–H groups in total. The minimum atomic E-state index is -0.853. The average molecular weight is 441 g/mol. The number of benzene rings is 3. The fourth-order valence-corrected chi connectivity index (χ4v) is 3.41. The Morgan fingerprint density at radius 3 is 2.20 bits per heavy atom. The number of nitrogens with one attached hydrogen (secondary N) is 1. The molecular formula is C23H18Cl2N2O3. The van der Waals surface area contributed by atoms with Gasteiger partial charge in [0.05, 0.1) is 16.6 Å². The Hall–Kier alpha value is -2.86. The van der Waals surface area contributed by atoms with Crippen LogP contribution in [0.25, 0.3) is 0 Å². The van der Waals surface area contributed by atoms with Crippen molar-refractivity contribution in [1.82, 2.24) is 0 Å². The van der Waals surface area contributed by atoms with Crippen LogP contribution in [0.15, 0.2) is 78.9 Å². The zero-order valence-corrected chi connectivity index (χ0v) is 17.3. The molecule has 30 heavy (non-hydrogen) atoms. The number of epoxide rings is 1. The molecule has 0 aliphatic carbocycles. The third kappa shape index (κ3) is 4.65. The van der Waals surface area contributed by atoms with Crippen LogP contribution in [0.2, 0.25) is 10.0 Å². The van der Waals surface area contributed by atoms with E-state index in [-0.39, 0.29) is 5.91 Å². The lowest BCUT2D eigenvalue weighted by atomic mass is 10.1. The van der Waals surface area contributed by atoms with Crippen LogP contribution in [-0.4, -0.2) is 24.0 Å². The highest BCUT2D eigenvalue weighted by Gasteiger charge is 2.52. The van der Waals surface area contributed by atoms with Gasteiger partial charge in [0.1, 0.15) is 0 Å². The lowest BCUT2D eigenvalue weighted by Crippen LogP contribution is -2.36. The van der Waals surface area contributed by atoms with Crippen LogP contribution < -0.4 is 10.2 Å². The van der Waals surface area contributed by atoms with E-state index in [9.17, 15) is 9.59 Å². The molecule has 3 aromatic carbocycles. The first-order valence-corrected chi connectivity index (χ1v) is 10.1. The predicted octanol–water partition coefficient (Wildman–Crippen LogP) is 4.93. The van der Waals surface area contributed by atoms with Crippen molar-refractivity contribution in [3.63, 3.8) is 0 Å². The largest absolute Gasteiger partial charge is 0.349 e.